The van der Waals surface area contributed by atoms with Gasteiger partial charge in [0.15, 0.2) is 0 Å². The van der Waals surface area contributed by atoms with Gasteiger partial charge >= 0.3 is 0 Å². The Morgan fingerprint density at radius 1 is 1.12 bits per heavy atom. The third-order valence-corrected chi connectivity index (χ3v) is 8.91. The van der Waals surface area contributed by atoms with Gasteiger partial charge in [-0.25, -0.2) is 4.98 Å². The number of rotatable bonds is 1. The van der Waals surface area contributed by atoms with E-state index in [1.165, 1.54) is 50.6 Å². The van der Waals surface area contributed by atoms with Crippen molar-refractivity contribution in [2.24, 2.45) is 34.5 Å². The number of nitrogens with zero attached hydrogens (tertiary/aromatic N) is 2. The van der Waals surface area contributed by atoms with Crippen LogP contribution in [-0.4, -0.2) is 20.8 Å². The van der Waals surface area contributed by atoms with Gasteiger partial charge in [0.2, 0.25) is 0 Å². The van der Waals surface area contributed by atoms with E-state index in [1.807, 2.05) is 12.5 Å². The first-order valence-corrected chi connectivity index (χ1v) is 10.4. The van der Waals surface area contributed by atoms with Crippen LogP contribution in [0.25, 0.3) is 5.70 Å². The maximum Gasteiger partial charge on any atom is 0.0989 e. The molecular formula is C22H32N2O. The second kappa shape index (κ2) is 5.45. The monoisotopic (exact) mass is 340 g/mol. The fourth-order valence-corrected chi connectivity index (χ4v) is 7.70. The summed E-state index contributed by atoms with van der Waals surface area (Å²) in [4.78, 5) is 4.28. The predicted molar refractivity (Wildman–Crippen MR) is 99.6 cm³/mol. The van der Waals surface area contributed by atoms with Crippen molar-refractivity contribution >= 4 is 5.70 Å². The molecular weight excluding hydrogens is 308 g/mol. The lowest BCUT2D eigenvalue weighted by Gasteiger charge is -2.61. The van der Waals surface area contributed by atoms with E-state index >= 15 is 0 Å². The van der Waals surface area contributed by atoms with Gasteiger partial charge in [-0.05, 0) is 67.6 Å². The average molecular weight is 341 g/mol. The molecule has 0 radical (unpaired) electrons. The Morgan fingerprint density at radius 3 is 2.80 bits per heavy atom. The lowest BCUT2D eigenvalue weighted by atomic mass is 9.44. The van der Waals surface area contributed by atoms with Gasteiger partial charge in [0.25, 0.3) is 0 Å². The molecule has 0 aliphatic heterocycles. The molecule has 0 spiro atoms. The number of hydrogen-bond acceptors (Lipinski definition) is 2. The minimum Gasteiger partial charge on any atom is -0.393 e. The standard InChI is InChI=1S/C22H32N2O/c1-21-9-4-3-5-18(21)19(25)13-15-16-6-7-20(24-12-11-23-14-24)22(16,2)10-8-17(15)21/h7,11-12,14-19,25H,3-6,8-10,13H2,1-2H3/t15?,16?,17?,18?,19?,21-,22+/m1/s1. The molecule has 3 heteroatoms. The largest absolute Gasteiger partial charge is 0.393 e. The lowest BCUT2D eigenvalue weighted by Crippen LogP contribution is -2.56. The van der Waals surface area contributed by atoms with Crippen molar-refractivity contribution in [1.82, 2.24) is 9.55 Å². The molecule has 7 atom stereocenters. The van der Waals surface area contributed by atoms with Crippen LogP contribution in [0.4, 0.5) is 0 Å². The van der Waals surface area contributed by atoms with Gasteiger partial charge in [0, 0.05) is 23.5 Å². The highest BCUT2D eigenvalue weighted by Gasteiger charge is 2.60. The summed E-state index contributed by atoms with van der Waals surface area (Å²) >= 11 is 0. The van der Waals surface area contributed by atoms with E-state index in [-0.39, 0.29) is 11.5 Å². The summed E-state index contributed by atoms with van der Waals surface area (Å²) < 4.78 is 2.24. The van der Waals surface area contributed by atoms with E-state index in [0.717, 1.165) is 12.3 Å². The quantitative estimate of drug-likeness (QED) is 0.802. The number of aromatic nitrogens is 2. The van der Waals surface area contributed by atoms with Crippen LogP contribution in [0, 0.1) is 34.5 Å². The smallest absolute Gasteiger partial charge is 0.0989 e. The second-order valence-corrected chi connectivity index (χ2v) is 9.79. The van der Waals surface area contributed by atoms with Crippen molar-refractivity contribution in [3.05, 3.63) is 24.8 Å². The molecule has 4 aliphatic carbocycles. The Hall–Kier alpha value is -1.09. The molecule has 0 bridgehead atoms. The Bertz CT molecular complexity index is 680. The first-order valence-electron chi connectivity index (χ1n) is 10.4. The van der Waals surface area contributed by atoms with Gasteiger partial charge in [-0.15, -0.1) is 0 Å². The number of aliphatic hydroxyl groups is 1. The fraction of sp³-hybridized carbons (Fsp3) is 0.773. The number of hydrogen-bond donors (Lipinski definition) is 1. The van der Waals surface area contributed by atoms with E-state index in [1.54, 1.807) is 0 Å². The van der Waals surface area contributed by atoms with Gasteiger partial charge in [0.05, 0.1) is 12.4 Å². The number of imidazole rings is 1. The molecule has 136 valence electrons. The van der Waals surface area contributed by atoms with Crippen LogP contribution in [0.15, 0.2) is 24.8 Å². The van der Waals surface area contributed by atoms with E-state index in [9.17, 15) is 5.11 Å². The maximum absolute atomic E-state index is 11.0. The molecule has 0 amide bonds. The van der Waals surface area contributed by atoms with E-state index in [0.29, 0.717) is 23.2 Å². The summed E-state index contributed by atoms with van der Waals surface area (Å²) in [6, 6.07) is 0. The highest BCUT2D eigenvalue weighted by molar-refractivity contribution is 5.56. The second-order valence-electron chi connectivity index (χ2n) is 9.79. The summed E-state index contributed by atoms with van der Waals surface area (Å²) in [5, 5.41) is 11.0. The Balaban J connectivity index is 1.49. The summed E-state index contributed by atoms with van der Waals surface area (Å²) in [6.45, 7) is 5.01. The van der Waals surface area contributed by atoms with Crippen molar-refractivity contribution < 1.29 is 5.11 Å². The molecule has 25 heavy (non-hydrogen) atoms. The summed E-state index contributed by atoms with van der Waals surface area (Å²) in [7, 11) is 0. The van der Waals surface area contributed by atoms with Gasteiger partial charge < -0.3 is 9.67 Å². The molecule has 0 aromatic carbocycles. The molecule has 3 fully saturated rings. The number of aliphatic hydroxyl groups excluding tert-OH is 1. The molecule has 1 heterocycles. The van der Waals surface area contributed by atoms with Crippen molar-refractivity contribution in [2.45, 2.75) is 71.3 Å². The molecule has 5 unspecified atom stereocenters. The van der Waals surface area contributed by atoms with Crippen molar-refractivity contribution in [1.29, 1.82) is 0 Å². The highest BCUT2D eigenvalue weighted by atomic mass is 16.3. The molecule has 5 rings (SSSR count). The van der Waals surface area contributed by atoms with Gasteiger partial charge in [0.1, 0.15) is 0 Å². The SMILES string of the molecule is C[C@]12CCCCC1C(O)CC1C2CC[C@]2(C)C(n3ccnc3)=CCC12. The van der Waals surface area contributed by atoms with Crippen molar-refractivity contribution in [2.75, 3.05) is 0 Å². The Morgan fingerprint density at radius 2 is 2.00 bits per heavy atom. The van der Waals surface area contributed by atoms with Crippen molar-refractivity contribution in [3.63, 3.8) is 0 Å². The van der Waals surface area contributed by atoms with Crippen LogP contribution in [0.1, 0.15) is 65.2 Å². The first-order chi connectivity index (χ1) is 12.0. The number of allylic oxidation sites excluding steroid dienone is 2. The fourth-order valence-electron chi connectivity index (χ4n) is 7.70. The Labute approximate surface area is 151 Å². The van der Waals surface area contributed by atoms with E-state index in [2.05, 4.69) is 35.7 Å². The highest BCUT2D eigenvalue weighted by Crippen LogP contribution is 2.66. The topological polar surface area (TPSA) is 38.0 Å². The third kappa shape index (κ3) is 2.11. The van der Waals surface area contributed by atoms with Gasteiger partial charge in [-0.3, -0.25) is 0 Å². The lowest BCUT2D eigenvalue weighted by molar-refractivity contribution is -0.149. The summed E-state index contributed by atoms with van der Waals surface area (Å²) in [5.41, 5.74) is 2.08. The van der Waals surface area contributed by atoms with E-state index < -0.39 is 0 Å². The minimum atomic E-state index is -0.0776. The van der Waals surface area contributed by atoms with Crippen molar-refractivity contribution in [3.8, 4) is 0 Å². The molecule has 0 saturated heterocycles. The van der Waals surface area contributed by atoms with Gasteiger partial charge in [-0.2, -0.15) is 0 Å². The molecule has 1 aromatic rings. The third-order valence-electron chi connectivity index (χ3n) is 8.91. The van der Waals surface area contributed by atoms with Gasteiger partial charge in [-0.1, -0.05) is 32.8 Å². The molecule has 1 N–H and O–H groups in total. The average Bonchev–Trinajstić information content (AvgIpc) is 3.21. The molecule has 1 aromatic heterocycles. The van der Waals surface area contributed by atoms with Crippen LogP contribution in [0.5, 0.6) is 0 Å². The summed E-state index contributed by atoms with van der Waals surface area (Å²) in [6.07, 6.45) is 18.5. The van der Waals surface area contributed by atoms with Crippen LogP contribution in [-0.2, 0) is 0 Å². The molecule has 4 aliphatic rings. The van der Waals surface area contributed by atoms with Crippen LogP contribution < -0.4 is 0 Å². The predicted octanol–water partition coefficient (Wildman–Crippen LogP) is 4.74. The van der Waals surface area contributed by atoms with Crippen LogP contribution >= 0.6 is 0 Å². The Kier molecular flexibility index (Phi) is 3.51. The first kappa shape index (κ1) is 16.1. The van der Waals surface area contributed by atoms with Crippen LogP contribution in [0.3, 0.4) is 0 Å². The zero-order valence-electron chi connectivity index (χ0n) is 15.7. The summed E-state index contributed by atoms with van der Waals surface area (Å²) in [5.74, 6) is 2.74. The molecule has 3 saturated carbocycles. The zero-order valence-corrected chi connectivity index (χ0v) is 15.7. The zero-order chi connectivity index (χ0) is 17.2. The normalized spacial score (nSPS) is 49.1. The number of fused-ring (bicyclic) bond motifs is 5. The molecule has 3 nitrogen and oxygen atoms in total. The minimum absolute atomic E-state index is 0.0776. The van der Waals surface area contributed by atoms with Crippen LogP contribution in [0.2, 0.25) is 0 Å². The maximum atomic E-state index is 11.0. The van der Waals surface area contributed by atoms with E-state index in [4.69, 9.17) is 0 Å².